The Bertz CT molecular complexity index is 752. The number of rotatable bonds is 11. The van der Waals surface area contributed by atoms with Gasteiger partial charge in [0.05, 0.1) is 30.8 Å². The minimum atomic E-state index is -3.98. The van der Waals surface area contributed by atoms with Crippen molar-refractivity contribution in [3.8, 4) is 5.75 Å². The quantitative estimate of drug-likeness (QED) is 0.234. The van der Waals surface area contributed by atoms with Crippen LogP contribution in [0.1, 0.15) is 20.8 Å². The van der Waals surface area contributed by atoms with E-state index in [-0.39, 0.29) is 24.1 Å². The molecule has 1 N–H and O–H groups in total. The van der Waals surface area contributed by atoms with Gasteiger partial charge in [-0.1, -0.05) is 0 Å². The third kappa shape index (κ3) is 8.00. The Balaban J connectivity index is 2.05. The number of ether oxygens (including phenoxy) is 2. The molecule has 30 heavy (non-hydrogen) atoms. The molecule has 0 saturated carbocycles. The summed E-state index contributed by atoms with van der Waals surface area (Å²) >= 11 is 0. The number of carbonyl (C=O) groups excluding carboxylic acids is 1. The van der Waals surface area contributed by atoms with E-state index in [2.05, 4.69) is 9.99 Å². The summed E-state index contributed by atoms with van der Waals surface area (Å²) < 4.78 is 34.8. The Morgan fingerprint density at radius 3 is 2.47 bits per heavy atom. The molecule has 0 amide bonds. The zero-order chi connectivity index (χ0) is 22.1. The highest BCUT2D eigenvalue weighted by atomic mass is 31.2. The number of morpholine rings is 1. The number of carbonyl (C=O) groups is 1. The fourth-order valence-corrected chi connectivity index (χ4v) is 4.08. The maximum Gasteiger partial charge on any atom is 0.459 e. The van der Waals surface area contributed by atoms with Crippen molar-refractivity contribution in [2.24, 2.45) is 0 Å². The molecule has 1 aromatic carbocycles. The molecule has 0 spiro atoms. The van der Waals surface area contributed by atoms with Gasteiger partial charge in [0.25, 0.3) is 5.69 Å². The van der Waals surface area contributed by atoms with Gasteiger partial charge in [-0.2, -0.15) is 5.09 Å². The summed E-state index contributed by atoms with van der Waals surface area (Å²) in [7, 11) is -3.98. The topological polar surface area (TPSA) is 129 Å². The van der Waals surface area contributed by atoms with Gasteiger partial charge in [0, 0.05) is 31.8 Å². The van der Waals surface area contributed by atoms with E-state index in [1.165, 1.54) is 31.2 Å². The fourth-order valence-electron chi connectivity index (χ4n) is 2.60. The summed E-state index contributed by atoms with van der Waals surface area (Å²) in [5.41, 5.74) is -0.132. The molecule has 168 valence electrons. The van der Waals surface area contributed by atoms with Gasteiger partial charge in [-0.05, 0) is 32.9 Å². The van der Waals surface area contributed by atoms with Crippen LogP contribution in [0.2, 0.25) is 0 Å². The molecule has 1 aliphatic heterocycles. The van der Waals surface area contributed by atoms with E-state index in [1.807, 2.05) is 0 Å². The normalized spacial score (nSPS) is 17.9. The van der Waals surface area contributed by atoms with Crippen LogP contribution in [0.3, 0.4) is 0 Å². The van der Waals surface area contributed by atoms with Crippen molar-refractivity contribution in [2.75, 3.05) is 39.5 Å². The predicted octanol–water partition coefficient (Wildman–Crippen LogP) is 2.36. The molecule has 12 heteroatoms. The monoisotopic (exact) mass is 445 g/mol. The zero-order valence-electron chi connectivity index (χ0n) is 17.3. The predicted molar refractivity (Wildman–Crippen MR) is 108 cm³/mol. The number of benzene rings is 1. The lowest BCUT2D eigenvalue weighted by atomic mass is 10.3. The van der Waals surface area contributed by atoms with E-state index in [9.17, 15) is 19.5 Å². The molecule has 1 aliphatic rings. The molecule has 0 aromatic heterocycles. The average Bonchev–Trinajstić information content (AvgIpc) is 2.68. The lowest BCUT2D eigenvalue weighted by Crippen LogP contribution is -2.39. The number of non-ortho nitro benzene ring substituents is 1. The fraction of sp³-hybridized carbons (Fsp3) is 0.611. The molecular formula is C18H28N3O8P. The zero-order valence-corrected chi connectivity index (χ0v) is 18.2. The van der Waals surface area contributed by atoms with Crippen molar-refractivity contribution in [3.05, 3.63) is 34.4 Å². The van der Waals surface area contributed by atoms with Crippen LogP contribution in [0.15, 0.2) is 24.3 Å². The molecule has 1 fully saturated rings. The van der Waals surface area contributed by atoms with Gasteiger partial charge < -0.3 is 14.0 Å². The van der Waals surface area contributed by atoms with Crippen molar-refractivity contribution >= 4 is 19.4 Å². The molecule has 2 rings (SSSR count). The molecule has 11 nitrogen and oxygen atoms in total. The van der Waals surface area contributed by atoms with E-state index in [4.69, 9.17) is 18.5 Å². The average molecular weight is 445 g/mol. The van der Waals surface area contributed by atoms with Crippen LogP contribution in [-0.4, -0.2) is 67.4 Å². The van der Waals surface area contributed by atoms with E-state index in [0.29, 0.717) is 19.8 Å². The third-order valence-corrected chi connectivity index (χ3v) is 5.78. The van der Waals surface area contributed by atoms with Gasteiger partial charge in [-0.25, -0.2) is 4.57 Å². The SMILES string of the molecule is CC(C)OC(=O)[C@H](C)NP(=O)(OCCN1CCOCC1)Oc1ccc([N+](=O)[O-])cc1. The molecule has 2 atom stereocenters. The second kappa shape index (κ2) is 11.4. The smallest absolute Gasteiger partial charge is 0.459 e. The molecule has 0 bridgehead atoms. The standard InChI is InChI=1S/C18H28N3O8P/c1-14(2)28-18(22)15(3)19-30(25,27-13-10-20-8-11-26-12-9-20)29-17-6-4-16(5-7-17)21(23)24/h4-7,14-15H,8-13H2,1-3H3,(H,19,25)/t15-,30?/m0/s1. The minimum Gasteiger partial charge on any atom is -0.462 e. The minimum absolute atomic E-state index is 0.0865. The molecule has 0 aliphatic carbocycles. The van der Waals surface area contributed by atoms with Gasteiger partial charge in [-0.15, -0.1) is 0 Å². The summed E-state index contributed by atoms with van der Waals surface area (Å²) in [6.07, 6.45) is -0.334. The highest BCUT2D eigenvalue weighted by Gasteiger charge is 2.32. The Morgan fingerprint density at radius 2 is 1.90 bits per heavy atom. The number of hydrogen-bond acceptors (Lipinski definition) is 9. The van der Waals surface area contributed by atoms with Gasteiger partial charge in [0.2, 0.25) is 0 Å². The summed E-state index contributed by atoms with van der Waals surface area (Å²) in [6.45, 7) is 8.20. The van der Waals surface area contributed by atoms with Crippen LogP contribution in [0.25, 0.3) is 0 Å². The van der Waals surface area contributed by atoms with Crippen molar-refractivity contribution in [3.63, 3.8) is 0 Å². The lowest BCUT2D eigenvalue weighted by Gasteiger charge is -2.28. The third-order valence-electron chi connectivity index (χ3n) is 4.10. The van der Waals surface area contributed by atoms with Gasteiger partial charge in [0.1, 0.15) is 11.8 Å². The number of nitrogens with zero attached hydrogens (tertiary/aromatic N) is 2. The van der Waals surface area contributed by atoms with Crippen LogP contribution in [0, 0.1) is 10.1 Å². The summed E-state index contributed by atoms with van der Waals surface area (Å²) in [5, 5.41) is 13.4. The largest absolute Gasteiger partial charge is 0.462 e. The van der Waals surface area contributed by atoms with Crippen LogP contribution in [0.5, 0.6) is 5.75 Å². The van der Waals surface area contributed by atoms with E-state index < -0.39 is 24.7 Å². The summed E-state index contributed by atoms with van der Waals surface area (Å²) in [6, 6.07) is 4.12. The van der Waals surface area contributed by atoms with Crippen LogP contribution in [-0.2, 0) is 23.4 Å². The Kier molecular flexibility index (Phi) is 9.19. The van der Waals surface area contributed by atoms with Gasteiger partial charge in [-0.3, -0.25) is 24.3 Å². The van der Waals surface area contributed by atoms with Crippen molar-refractivity contribution < 1.29 is 32.8 Å². The molecule has 1 saturated heterocycles. The van der Waals surface area contributed by atoms with Gasteiger partial charge >= 0.3 is 13.7 Å². The molecule has 1 aromatic rings. The first-order chi connectivity index (χ1) is 14.2. The molecule has 0 radical (unpaired) electrons. The lowest BCUT2D eigenvalue weighted by molar-refractivity contribution is -0.384. The van der Waals surface area contributed by atoms with Crippen LogP contribution < -0.4 is 9.61 Å². The van der Waals surface area contributed by atoms with E-state index >= 15 is 0 Å². The summed E-state index contributed by atoms with van der Waals surface area (Å²) in [4.78, 5) is 24.5. The highest BCUT2D eigenvalue weighted by Crippen LogP contribution is 2.45. The summed E-state index contributed by atoms with van der Waals surface area (Å²) in [5.74, 6) is -0.499. The van der Waals surface area contributed by atoms with Crippen molar-refractivity contribution in [1.29, 1.82) is 0 Å². The second-order valence-corrected chi connectivity index (χ2v) is 8.66. The number of hydrogen-bond donors (Lipinski definition) is 1. The molecular weight excluding hydrogens is 417 g/mol. The molecule has 1 heterocycles. The number of esters is 1. The first-order valence-corrected chi connectivity index (χ1v) is 11.2. The first-order valence-electron chi connectivity index (χ1n) is 9.65. The van der Waals surface area contributed by atoms with Crippen LogP contribution in [0.4, 0.5) is 5.69 Å². The van der Waals surface area contributed by atoms with Crippen LogP contribution >= 0.6 is 7.75 Å². The van der Waals surface area contributed by atoms with Gasteiger partial charge in [0.15, 0.2) is 0 Å². The first kappa shape index (κ1) is 24.2. The highest BCUT2D eigenvalue weighted by molar-refractivity contribution is 7.52. The van der Waals surface area contributed by atoms with E-state index in [1.54, 1.807) is 13.8 Å². The second-order valence-electron chi connectivity index (χ2n) is 6.96. The number of nitro groups is 1. The number of nitro benzene ring substituents is 1. The van der Waals surface area contributed by atoms with E-state index in [0.717, 1.165) is 13.1 Å². The maximum absolute atomic E-state index is 13.3. The van der Waals surface area contributed by atoms with Crippen molar-refractivity contribution in [2.45, 2.75) is 32.9 Å². The maximum atomic E-state index is 13.3. The molecule has 1 unspecified atom stereocenters. The number of nitrogens with one attached hydrogen (secondary N) is 1. The Labute approximate surface area is 175 Å². The Morgan fingerprint density at radius 1 is 1.27 bits per heavy atom. The van der Waals surface area contributed by atoms with Crippen molar-refractivity contribution in [1.82, 2.24) is 9.99 Å². The Hall–Kier alpha value is -2.04.